The Hall–Kier alpha value is -3.16. The van der Waals surface area contributed by atoms with Gasteiger partial charge in [-0.15, -0.1) is 0 Å². The molecular formula is C27H31ClN4O3. The van der Waals surface area contributed by atoms with E-state index in [-0.39, 0.29) is 17.9 Å². The number of nitrogens with zero attached hydrogens (tertiary/aromatic N) is 3. The third-order valence-corrected chi connectivity index (χ3v) is 7.31. The Balaban J connectivity index is 1.58. The number of methoxy groups -OCH3 is 2. The number of hydrogen-bond donors (Lipinski definition) is 1. The van der Waals surface area contributed by atoms with Gasteiger partial charge in [-0.3, -0.25) is 14.7 Å². The molecule has 184 valence electrons. The van der Waals surface area contributed by atoms with Gasteiger partial charge in [0, 0.05) is 29.4 Å². The van der Waals surface area contributed by atoms with Gasteiger partial charge in [0.05, 0.1) is 37.1 Å². The third kappa shape index (κ3) is 5.11. The van der Waals surface area contributed by atoms with E-state index in [2.05, 4.69) is 9.88 Å². The van der Waals surface area contributed by atoms with E-state index in [0.717, 1.165) is 52.9 Å². The van der Waals surface area contributed by atoms with Crippen molar-refractivity contribution >= 4 is 23.3 Å². The second kappa shape index (κ2) is 10.6. The van der Waals surface area contributed by atoms with E-state index in [0.29, 0.717) is 23.1 Å². The minimum absolute atomic E-state index is 0.0409. The summed E-state index contributed by atoms with van der Waals surface area (Å²) in [5.74, 6) is 0.286. The lowest BCUT2D eigenvalue weighted by atomic mass is 9.97. The van der Waals surface area contributed by atoms with Crippen molar-refractivity contribution < 1.29 is 14.3 Å². The number of hydrogen-bond acceptors (Lipinski definition) is 7. The molecule has 0 spiro atoms. The highest BCUT2D eigenvalue weighted by Gasteiger charge is 2.33. The van der Waals surface area contributed by atoms with Crippen molar-refractivity contribution in [2.75, 3.05) is 27.0 Å². The zero-order valence-electron chi connectivity index (χ0n) is 20.5. The van der Waals surface area contributed by atoms with E-state index in [9.17, 15) is 4.79 Å². The molecule has 4 rings (SSSR count). The first-order valence-electron chi connectivity index (χ1n) is 11.7. The van der Waals surface area contributed by atoms with Crippen molar-refractivity contribution in [3.63, 3.8) is 0 Å². The molecule has 0 aliphatic heterocycles. The van der Waals surface area contributed by atoms with Gasteiger partial charge in [0.1, 0.15) is 5.69 Å². The first-order chi connectivity index (χ1) is 16.8. The Bertz CT molecular complexity index is 1230. The summed E-state index contributed by atoms with van der Waals surface area (Å²) < 4.78 is 10.5. The summed E-state index contributed by atoms with van der Waals surface area (Å²) in [4.78, 5) is 23.5. The number of rotatable bonds is 7. The monoisotopic (exact) mass is 494 g/mol. The van der Waals surface area contributed by atoms with Gasteiger partial charge in [-0.05, 0) is 50.4 Å². The van der Waals surface area contributed by atoms with E-state index in [1.807, 2.05) is 50.4 Å². The molecule has 1 aliphatic carbocycles. The van der Waals surface area contributed by atoms with Crippen LogP contribution in [0.25, 0.3) is 22.4 Å². The summed E-state index contributed by atoms with van der Waals surface area (Å²) in [6, 6.07) is 11.9. The molecular weight excluding hydrogens is 464 g/mol. The first-order valence-corrected chi connectivity index (χ1v) is 12.0. The molecule has 3 aromatic rings. The maximum atomic E-state index is 11.9. The van der Waals surface area contributed by atoms with Crippen LogP contribution in [-0.4, -0.2) is 48.1 Å². The second-order valence-electron chi connectivity index (χ2n) is 9.00. The van der Waals surface area contributed by atoms with E-state index in [1.165, 1.54) is 7.11 Å². The number of esters is 1. The second-order valence-corrected chi connectivity index (χ2v) is 9.38. The average Bonchev–Trinajstić information content (AvgIpc) is 3.36. The van der Waals surface area contributed by atoms with Crippen molar-refractivity contribution in [1.29, 1.82) is 0 Å². The van der Waals surface area contributed by atoms with Crippen LogP contribution in [0.4, 0.5) is 5.69 Å². The number of nitrogens with two attached hydrogens (primary N) is 1. The fraction of sp³-hybridized carbons (Fsp3) is 0.370. The van der Waals surface area contributed by atoms with Crippen molar-refractivity contribution in [2.45, 2.75) is 38.8 Å². The average molecular weight is 495 g/mol. The number of anilines is 1. The van der Waals surface area contributed by atoms with Crippen LogP contribution in [0.5, 0.6) is 5.88 Å². The molecule has 35 heavy (non-hydrogen) atoms. The summed E-state index contributed by atoms with van der Waals surface area (Å²) in [7, 11) is 5.07. The SMILES string of the molecule is COC(=O)[C@H]1CC[C@H](N(C)Cc2ncc(-c3cccc(-c4cccc(N)c4C)c3Cl)nc2OC)C1. The smallest absolute Gasteiger partial charge is 0.308 e. The highest BCUT2D eigenvalue weighted by molar-refractivity contribution is 6.36. The molecule has 1 heterocycles. The van der Waals surface area contributed by atoms with Crippen molar-refractivity contribution in [1.82, 2.24) is 14.9 Å². The highest BCUT2D eigenvalue weighted by Crippen LogP contribution is 2.38. The molecule has 0 unspecified atom stereocenters. The molecule has 1 fully saturated rings. The van der Waals surface area contributed by atoms with Gasteiger partial charge in [-0.1, -0.05) is 41.9 Å². The van der Waals surface area contributed by atoms with Gasteiger partial charge in [0.15, 0.2) is 0 Å². The van der Waals surface area contributed by atoms with Gasteiger partial charge in [-0.2, -0.15) is 0 Å². The Morgan fingerprint density at radius 1 is 1.14 bits per heavy atom. The van der Waals surface area contributed by atoms with Crippen LogP contribution in [0, 0.1) is 12.8 Å². The Kier molecular flexibility index (Phi) is 7.57. The Labute approximate surface area is 211 Å². The topological polar surface area (TPSA) is 90.6 Å². The largest absolute Gasteiger partial charge is 0.480 e. The first kappa shape index (κ1) is 24.9. The van der Waals surface area contributed by atoms with E-state index < -0.39 is 0 Å². The van der Waals surface area contributed by atoms with Gasteiger partial charge in [0.25, 0.3) is 0 Å². The van der Waals surface area contributed by atoms with Crippen LogP contribution >= 0.6 is 11.6 Å². The molecule has 0 saturated heterocycles. The quantitative estimate of drug-likeness (QED) is 0.359. The Morgan fingerprint density at radius 3 is 2.60 bits per heavy atom. The predicted molar refractivity (Wildman–Crippen MR) is 138 cm³/mol. The summed E-state index contributed by atoms with van der Waals surface area (Å²) in [6.07, 6.45) is 4.29. The van der Waals surface area contributed by atoms with Crippen LogP contribution in [-0.2, 0) is 16.1 Å². The summed E-state index contributed by atoms with van der Waals surface area (Å²) in [6.45, 7) is 2.55. The molecule has 1 saturated carbocycles. The molecule has 2 N–H and O–H groups in total. The number of carbonyl (C=O) groups excluding carboxylic acids is 1. The van der Waals surface area contributed by atoms with Crippen LogP contribution < -0.4 is 10.5 Å². The van der Waals surface area contributed by atoms with Gasteiger partial charge in [-0.25, -0.2) is 4.98 Å². The lowest BCUT2D eigenvalue weighted by molar-refractivity contribution is -0.145. The van der Waals surface area contributed by atoms with Crippen LogP contribution in [0.15, 0.2) is 42.6 Å². The normalized spacial score (nSPS) is 17.5. The molecule has 0 radical (unpaired) electrons. The summed E-state index contributed by atoms with van der Waals surface area (Å²) in [5.41, 5.74) is 11.8. The maximum Gasteiger partial charge on any atom is 0.308 e. The molecule has 0 amide bonds. The number of halogens is 1. The fourth-order valence-corrected chi connectivity index (χ4v) is 5.11. The summed E-state index contributed by atoms with van der Waals surface area (Å²) >= 11 is 6.86. The zero-order valence-corrected chi connectivity index (χ0v) is 21.3. The molecule has 1 aromatic heterocycles. The molecule has 1 aliphatic rings. The lowest BCUT2D eigenvalue weighted by Gasteiger charge is -2.24. The van der Waals surface area contributed by atoms with Crippen LogP contribution in [0.3, 0.4) is 0 Å². The number of carbonyl (C=O) groups is 1. The number of benzene rings is 2. The van der Waals surface area contributed by atoms with Crippen LogP contribution in [0.2, 0.25) is 5.02 Å². The number of aromatic nitrogens is 2. The molecule has 7 nitrogen and oxygen atoms in total. The standard InChI is InChI=1S/C27H31ClN4O3/c1-16-19(7-6-10-22(16)29)20-8-5-9-21(25(20)28)23-14-30-24(26(31-23)34-3)15-32(2)18-12-11-17(13-18)27(33)35-4/h5-10,14,17-18H,11-13,15,29H2,1-4H3/t17-,18-/m0/s1. The molecule has 2 aromatic carbocycles. The molecule has 2 atom stereocenters. The maximum absolute atomic E-state index is 11.9. The summed E-state index contributed by atoms with van der Waals surface area (Å²) in [5, 5.41) is 0.585. The van der Waals surface area contributed by atoms with Crippen molar-refractivity contribution in [3.05, 3.63) is 58.9 Å². The number of nitrogen functional groups attached to an aromatic ring is 1. The Morgan fingerprint density at radius 2 is 1.86 bits per heavy atom. The van der Waals surface area contributed by atoms with Gasteiger partial charge >= 0.3 is 5.97 Å². The van der Waals surface area contributed by atoms with E-state index in [1.54, 1.807) is 13.3 Å². The number of ether oxygens (including phenoxy) is 2. The van der Waals surface area contributed by atoms with Crippen molar-refractivity contribution in [2.24, 2.45) is 5.92 Å². The highest BCUT2D eigenvalue weighted by atomic mass is 35.5. The molecule has 8 heteroatoms. The van der Waals surface area contributed by atoms with Crippen LogP contribution in [0.1, 0.15) is 30.5 Å². The van der Waals surface area contributed by atoms with Gasteiger partial charge in [0.2, 0.25) is 5.88 Å². The minimum Gasteiger partial charge on any atom is -0.480 e. The fourth-order valence-electron chi connectivity index (χ4n) is 4.79. The minimum atomic E-state index is -0.130. The van der Waals surface area contributed by atoms with E-state index in [4.69, 9.17) is 31.8 Å². The lowest BCUT2D eigenvalue weighted by Crippen LogP contribution is -2.30. The zero-order chi connectivity index (χ0) is 25.1. The van der Waals surface area contributed by atoms with E-state index >= 15 is 0 Å². The predicted octanol–water partition coefficient (Wildman–Crippen LogP) is 5.14. The third-order valence-electron chi connectivity index (χ3n) is 6.91. The van der Waals surface area contributed by atoms with Gasteiger partial charge < -0.3 is 15.2 Å². The molecule has 0 bridgehead atoms. The van der Waals surface area contributed by atoms with Crippen molar-refractivity contribution in [3.8, 4) is 28.3 Å².